The monoisotopic (exact) mass is 294 g/mol. The summed E-state index contributed by atoms with van der Waals surface area (Å²) in [6.07, 6.45) is 2.31. The maximum Gasteiger partial charge on any atom is 0.140 e. The second-order valence-corrected chi connectivity index (χ2v) is 5.51. The third-order valence-corrected chi connectivity index (χ3v) is 4.42. The first kappa shape index (κ1) is 12.5. The van der Waals surface area contributed by atoms with Crippen molar-refractivity contribution < 1.29 is 9.59 Å². The van der Waals surface area contributed by atoms with Gasteiger partial charge in [0.05, 0.1) is 5.41 Å². The smallest absolute Gasteiger partial charge is 0.140 e. The van der Waals surface area contributed by atoms with E-state index in [1.54, 1.807) is 6.92 Å². The fourth-order valence-corrected chi connectivity index (χ4v) is 3.28. The molecule has 3 heteroatoms. The maximum atomic E-state index is 12.0. The van der Waals surface area contributed by atoms with Crippen molar-refractivity contribution in [3.63, 3.8) is 0 Å². The summed E-state index contributed by atoms with van der Waals surface area (Å²) in [5, 5.41) is 0. The molecule has 17 heavy (non-hydrogen) atoms. The minimum Gasteiger partial charge on any atom is -0.300 e. The molecule has 1 fully saturated rings. The first-order valence-corrected chi connectivity index (χ1v) is 6.63. The Hall–Kier alpha value is -0.960. The molecule has 0 aliphatic heterocycles. The second-order valence-electron chi connectivity index (χ2n) is 4.66. The highest BCUT2D eigenvalue weighted by molar-refractivity contribution is 9.10. The Kier molecular flexibility index (Phi) is 3.48. The highest BCUT2D eigenvalue weighted by atomic mass is 79.9. The van der Waals surface area contributed by atoms with Crippen LogP contribution >= 0.6 is 15.9 Å². The van der Waals surface area contributed by atoms with E-state index in [0.717, 1.165) is 10.0 Å². The Morgan fingerprint density at radius 2 is 1.82 bits per heavy atom. The summed E-state index contributed by atoms with van der Waals surface area (Å²) in [5.74, 6) is 0.436. The summed E-state index contributed by atoms with van der Waals surface area (Å²) >= 11 is 3.51. The van der Waals surface area contributed by atoms with Gasteiger partial charge in [-0.2, -0.15) is 0 Å². The predicted octanol–water partition coefficient (Wildman–Crippen LogP) is 3.42. The number of benzene rings is 1. The Bertz CT molecular complexity index is 455. The summed E-state index contributed by atoms with van der Waals surface area (Å²) in [5.41, 5.74) is 0.563. The molecular formula is C14H15BrO2. The van der Waals surface area contributed by atoms with Crippen LogP contribution < -0.4 is 0 Å². The fraction of sp³-hybridized carbons (Fsp3) is 0.429. The van der Waals surface area contributed by atoms with Crippen LogP contribution in [0, 0.1) is 0 Å². The van der Waals surface area contributed by atoms with Gasteiger partial charge in [0.2, 0.25) is 0 Å². The number of carbonyl (C=O) groups excluding carboxylic acids is 2. The van der Waals surface area contributed by atoms with Crippen LogP contribution in [0.3, 0.4) is 0 Å². The molecule has 0 spiro atoms. The predicted molar refractivity (Wildman–Crippen MR) is 70.0 cm³/mol. The van der Waals surface area contributed by atoms with E-state index in [4.69, 9.17) is 0 Å². The molecule has 1 aromatic carbocycles. The molecule has 0 aromatic heterocycles. The third-order valence-electron chi connectivity index (χ3n) is 3.72. The van der Waals surface area contributed by atoms with Gasteiger partial charge in [0, 0.05) is 17.3 Å². The van der Waals surface area contributed by atoms with E-state index in [1.165, 1.54) is 0 Å². The number of hydrogen-bond acceptors (Lipinski definition) is 2. The fourth-order valence-electron chi connectivity index (χ4n) is 2.62. The normalized spacial score (nSPS) is 19.1. The zero-order chi connectivity index (χ0) is 12.5. The minimum atomic E-state index is -0.464. The first-order valence-electron chi connectivity index (χ1n) is 5.84. The lowest BCUT2D eigenvalue weighted by Gasteiger charge is -2.35. The zero-order valence-electron chi connectivity index (χ0n) is 9.83. The zero-order valence-corrected chi connectivity index (χ0v) is 11.4. The van der Waals surface area contributed by atoms with Crippen LogP contribution in [-0.4, -0.2) is 11.6 Å². The molecule has 2 nitrogen and oxygen atoms in total. The highest BCUT2D eigenvalue weighted by Crippen LogP contribution is 2.42. The average Bonchev–Trinajstić information content (AvgIpc) is 2.31. The molecule has 1 aromatic rings. The largest absolute Gasteiger partial charge is 0.300 e. The van der Waals surface area contributed by atoms with Crippen LogP contribution in [0.1, 0.15) is 38.2 Å². The number of halogens is 1. The molecule has 0 N–H and O–H groups in total. The van der Waals surface area contributed by atoms with Gasteiger partial charge in [-0.1, -0.05) is 34.1 Å². The molecule has 0 bridgehead atoms. The van der Waals surface area contributed by atoms with Crippen molar-refractivity contribution in [2.75, 3.05) is 0 Å². The summed E-state index contributed by atoms with van der Waals surface area (Å²) in [6.45, 7) is 1.63. The van der Waals surface area contributed by atoms with E-state index in [1.807, 2.05) is 24.3 Å². The van der Waals surface area contributed by atoms with Crippen LogP contribution in [0.5, 0.6) is 0 Å². The van der Waals surface area contributed by atoms with Crippen LogP contribution in [0.25, 0.3) is 0 Å². The molecule has 0 atom stereocenters. The Morgan fingerprint density at radius 1 is 1.24 bits per heavy atom. The quantitative estimate of drug-likeness (QED) is 0.837. The molecule has 1 saturated carbocycles. The topological polar surface area (TPSA) is 34.1 Å². The molecule has 0 radical (unpaired) electrons. The summed E-state index contributed by atoms with van der Waals surface area (Å²) in [7, 11) is 0. The van der Waals surface area contributed by atoms with E-state index in [-0.39, 0.29) is 11.6 Å². The molecule has 0 unspecified atom stereocenters. The van der Waals surface area contributed by atoms with Crippen molar-refractivity contribution in [3.8, 4) is 0 Å². The van der Waals surface area contributed by atoms with E-state index >= 15 is 0 Å². The number of hydrogen-bond donors (Lipinski definition) is 0. The molecule has 0 heterocycles. The van der Waals surface area contributed by atoms with Crippen molar-refractivity contribution >= 4 is 27.5 Å². The maximum absolute atomic E-state index is 12.0. The molecule has 0 saturated heterocycles. The van der Waals surface area contributed by atoms with Gasteiger partial charge in [0.1, 0.15) is 11.6 Å². The lowest BCUT2D eigenvalue weighted by molar-refractivity contribution is -0.127. The van der Waals surface area contributed by atoms with Crippen LogP contribution in [-0.2, 0) is 15.0 Å². The van der Waals surface area contributed by atoms with Gasteiger partial charge in [0.15, 0.2) is 0 Å². The van der Waals surface area contributed by atoms with E-state index in [2.05, 4.69) is 15.9 Å². The van der Waals surface area contributed by atoms with Crippen LogP contribution in [0.15, 0.2) is 28.7 Å². The molecule has 90 valence electrons. The van der Waals surface area contributed by atoms with Crippen LogP contribution in [0.2, 0.25) is 0 Å². The number of rotatable bonds is 2. The SMILES string of the molecule is CC(=O)C1(c2ccccc2Br)CCC(=O)CC1. The van der Waals surface area contributed by atoms with Crippen molar-refractivity contribution in [2.24, 2.45) is 0 Å². The van der Waals surface area contributed by atoms with Gasteiger partial charge < -0.3 is 0 Å². The van der Waals surface area contributed by atoms with Crippen molar-refractivity contribution in [3.05, 3.63) is 34.3 Å². The van der Waals surface area contributed by atoms with E-state index in [0.29, 0.717) is 25.7 Å². The summed E-state index contributed by atoms with van der Waals surface area (Å²) in [4.78, 5) is 23.4. The lowest BCUT2D eigenvalue weighted by atomic mass is 9.67. The van der Waals surface area contributed by atoms with Gasteiger partial charge in [-0.05, 0) is 31.4 Å². The Balaban J connectivity index is 2.46. The summed E-state index contributed by atoms with van der Waals surface area (Å²) in [6, 6.07) is 7.83. The Labute approximate surface area is 110 Å². The number of carbonyl (C=O) groups is 2. The highest BCUT2D eigenvalue weighted by Gasteiger charge is 2.41. The molecule has 0 amide bonds. The van der Waals surface area contributed by atoms with Gasteiger partial charge >= 0.3 is 0 Å². The van der Waals surface area contributed by atoms with E-state index in [9.17, 15) is 9.59 Å². The molecule has 2 rings (SSSR count). The van der Waals surface area contributed by atoms with Gasteiger partial charge in [-0.3, -0.25) is 9.59 Å². The average molecular weight is 295 g/mol. The van der Waals surface area contributed by atoms with Gasteiger partial charge in [-0.25, -0.2) is 0 Å². The van der Waals surface area contributed by atoms with E-state index < -0.39 is 5.41 Å². The molecular weight excluding hydrogens is 280 g/mol. The number of Topliss-reactive ketones (excluding diaryl/α,β-unsaturated/α-hetero) is 2. The first-order chi connectivity index (χ1) is 8.06. The van der Waals surface area contributed by atoms with Gasteiger partial charge in [-0.15, -0.1) is 0 Å². The Morgan fingerprint density at radius 3 is 2.35 bits per heavy atom. The van der Waals surface area contributed by atoms with Crippen molar-refractivity contribution in [1.29, 1.82) is 0 Å². The lowest BCUT2D eigenvalue weighted by Crippen LogP contribution is -2.38. The molecule has 1 aliphatic carbocycles. The molecule has 1 aliphatic rings. The standard InChI is InChI=1S/C14H15BrO2/c1-10(16)14(8-6-11(17)7-9-14)12-4-2-3-5-13(12)15/h2-5H,6-9H2,1H3. The van der Waals surface area contributed by atoms with Crippen LogP contribution in [0.4, 0.5) is 0 Å². The number of ketones is 2. The second kappa shape index (κ2) is 4.73. The minimum absolute atomic E-state index is 0.164. The summed E-state index contributed by atoms with van der Waals surface area (Å²) < 4.78 is 0.963. The van der Waals surface area contributed by atoms with Crippen molar-refractivity contribution in [1.82, 2.24) is 0 Å². The van der Waals surface area contributed by atoms with Gasteiger partial charge in [0.25, 0.3) is 0 Å². The van der Waals surface area contributed by atoms with Crippen molar-refractivity contribution in [2.45, 2.75) is 38.0 Å². The third kappa shape index (κ3) is 2.21.